The highest BCUT2D eigenvalue weighted by molar-refractivity contribution is 5.87. The summed E-state index contributed by atoms with van der Waals surface area (Å²) in [5, 5.41) is 1.95. The van der Waals surface area contributed by atoms with Gasteiger partial charge in [0.25, 0.3) is 0 Å². The molecular weight excluding hydrogens is 345 g/mol. The van der Waals surface area contributed by atoms with Crippen molar-refractivity contribution in [2.45, 2.75) is 25.1 Å². The van der Waals surface area contributed by atoms with Crippen molar-refractivity contribution >= 4 is 16.7 Å². The summed E-state index contributed by atoms with van der Waals surface area (Å²) in [5.74, 6) is -0.124. The monoisotopic (exact) mass is 365 g/mol. The lowest BCUT2D eigenvalue weighted by Gasteiger charge is -2.32. The Morgan fingerprint density at radius 2 is 2.07 bits per heavy atom. The van der Waals surface area contributed by atoms with Gasteiger partial charge in [-0.3, -0.25) is 19.7 Å². The van der Waals surface area contributed by atoms with E-state index in [2.05, 4.69) is 15.0 Å². The summed E-state index contributed by atoms with van der Waals surface area (Å²) < 4.78 is 13.8. The summed E-state index contributed by atoms with van der Waals surface area (Å²) in [4.78, 5) is 26.8. The molecule has 3 aromatic rings. The number of halogens is 1. The maximum Gasteiger partial charge on any atom is 0.228 e. The van der Waals surface area contributed by atoms with Crippen LogP contribution in [0.5, 0.6) is 0 Å². The highest BCUT2D eigenvalue weighted by Gasteiger charge is 2.29. The normalized spacial score (nSPS) is 20.0. The van der Waals surface area contributed by atoms with E-state index in [0.717, 1.165) is 22.0 Å². The molecule has 1 aromatic carbocycles. The van der Waals surface area contributed by atoms with E-state index in [-0.39, 0.29) is 18.9 Å². The molecule has 1 amide bonds. The van der Waals surface area contributed by atoms with Gasteiger partial charge in [-0.1, -0.05) is 12.1 Å². The Morgan fingerprint density at radius 3 is 2.85 bits per heavy atom. The van der Waals surface area contributed by atoms with Crippen molar-refractivity contribution in [1.29, 1.82) is 0 Å². The molecule has 0 radical (unpaired) electrons. The summed E-state index contributed by atoms with van der Waals surface area (Å²) in [6.07, 6.45) is 6.21. The molecule has 0 aliphatic carbocycles. The van der Waals surface area contributed by atoms with Crippen LogP contribution in [0.1, 0.15) is 12.1 Å². The number of piperidine rings is 1. The van der Waals surface area contributed by atoms with Gasteiger partial charge in [0.05, 0.1) is 30.6 Å². The second kappa shape index (κ2) is 7.36. The van der Waals surface area contributed by atoms with E-state index in [4.69, 9.17) is 5.73 Å². The molecule has 1 saturated heterocycles. The van der Waals surface area contributed by atoms with E-state index < -0.39 is 12.2 Å². The first kappa shape index (κ1) is 17.5. The summed E-state index contributed by atoms with van der Waals surface area (Å²) in [6.45, 7) is 0.551. The van der Waals surface area contributed by atoms with Crippen LogP contribution in [0.4, 0.5) is 4.39 Å². The van der Waals surface area contributed by atoms with Gasteiger partial charge in [0.2, 0.25) is 5.91 Å². The van der Waals surface area contributed by atoms with Gasteiger partial charge in [0, 0.05) is 42.1 Å². The molecule has 7 heteroatoms. The Hall–Kier alpha value is -2.93. The van der Waals surface area contributed by atoms with Crippen LogP contribution in [0.15, 0.2) is 49.1 Å². The largest absolute Gasteiger partial charge is 0.339 e. The Kier molecular flexibility index (Phi) is 4.77. The summed E-state index contributed by atoms with van der Waals surface area (Å²) >= 11 is 0. The average molecular weight is 365 g/mol. The van der Waals surface area contributed by atoms with Crippen LogP contribution in [-0.4, -0.2) is 51.1 Å². The predicted octanol–water partition coefficient (Wildman–Crippen LogP) is 2.13. The zero-order valence-corrected chi connectivity index (χ0v) is 14.8. The van der Waals surface area contributed by atoms with Gasteiger partial charge in [-0.15, -0.1) is 0 Å². The van der Waals surface area contributed by atoms with Crippen LogP contribution in [0, 0.1) is 0 Å². The van der Waals surface area contributed by atoms with Crippen molar-refractivity contribution in [2.24, 2.45) is 5.73 Å². The molecule has 2 atom stereocenters. The molecule has 0 spiro atoms. The molecule has 1 aliphatic rings. The minimum absolute atomic E-state index is 0.0599. The Bertz CT molecular complexity index is 965. The van der Waals surface area contributed by atoms with Gasteiger partial charge in [0.15, 0.2) is 0 Å². The minimum Gasteiger partial charge on any atom is -0.339 e. The third-order valence-electron chi connectivity index (χ3n) is 4.91. The van der Waals surface area contributed by atoms with E-state index in [0.29, 0.717) is 18.7 Å². The first-order valence-electron chi connectivity index (χ1n) is 8.92. The van der Waals surface area contributed by atoms with Crippen molar-refractivity contribution in [3.63, 3.8) is 0 Å². The number of carbonyl (C=O) groups is 1. The lowest BCUT2D eigenvalue weighted by Crippen LogP contribution is -2.50. The van der Waals surface area contributed by atoms with Crippen LogP contribution < -0.4 is 5.73 Å². The predicted molar refractivity (Wildman–Crippen MR) is 101 cm³/mol. The second-order valence-electron chi connectivity index (χ2n) is 6.81. The number of alkyl halides is 1. The van der Waals surface area contributed by atoms with Gasteiger partial charge >= 0.3 is 0 Å². The zero-order chi connectivity index (χ0) is 18.8. The molecule has 2 N–H and O–H groups in total. The number of nitrogens with two attached hydrogens (primary N) is 1. The number of benzene rings is 1. The number of fused-ring (bicyclic) bond motifs is 1. The molecule has 1 fully saturated rings. The van der Waals surface area contributed by atoms with Gasteiger partial charge < -0.3 is 10.6 Å². The molecule has 6 nitrogen and oxygen atoms in total. The second-order valence-corrected chi connectivity index (χ2v) is 6.81. The number of amides is 1. The van der Waals surface area contributed by atoms with Crippen LogP contribution in [0.25, 0.3) is 22.0 Å². The first-order valence-corrected chi connectivity index (χ1v) is 8.92. The topological polar surface area (TPSA) is 85.0 Å². The van der Waals surface area contributed by atoms with Gasteiger partial charge in [-0.2, -0.15) is 0 Å². The van der Waals surface area contributed by atoms with Crippen LogP contribution in [-0.2, 0) is 11.2 Å². The highest BCUT2D eigenvalue weighted by atomic mass is 19.1. The van der Waals surface area contributed by atoms with Crippen molar-refractivity contribution in [3.8, 4) is 11.3 Å². The van der Waals surface area contributed by atoms with Gasteiger partial charge in [0.1, 0.15) is 6.17 Å². The Balaban J connectivity index is 1.55. The fraction of sp³-hybridized carbons (Fsp3) is 0.300. The molecule has 27 heavy (non-hydrogen) atoms. The van der Waals surface area contributed by atoms with Crippen LogP contribution in [0.3, 0.4) is 0 Å². The van der Waals surface area contributed by atoms with Crippen molar-refractivity contribution in [1.82, 2.24) is 19.9 Å². The SMILES string of the molecule is N[C@@H]1CCN(C(=O)Cc2cc3cc(-c4cnccn4)ccc3cn2)C[C@@H]1F. The Labute approximate surface area is 156 Å². The maximum absolute atomic E-state index is 13.8. The third-order valence-corrected chi connectivity index (χ3v) is 4.91. The van der Waals surface area contributed by atoms with Crippen molar-refractivity contribution in [2.75, 3.05) is 13.1 Å². The highest BCUT2D eigenvalue weighted by Crippen LogP contribution is 2.23. The van der Waals surface area contributed by atoms with Gasteiger partial charge in [-0.25, -0.2) is 4.39 Å². The first-order chi connectivity index (χ1) is 13.1. The average Bonchev–Trinajstić information content (AvgIpc) is 2.70. The van der Waals surface area contributed by atoms with Gasteiger partial charge in [-0.05, 0) is 23.9 Å². The Morgan fingerprint density at radius 1 is 1.19 bits per heavy atom. The smallest absolute Gasteiger partial charge is 0.228 e. The third kappa shape index (κ3) is 3.78. The number of likely N-dealkylation sites (tertiary alicyclic amines) is 1. The van der Waals surface area contributed by atoms with E-state index >= 15 is 0 Å². The quantitative estimate of drug-likeness (QED) is 0.769. The number of pyridine rings is 1. The lowest BCUT2D eigenvalue weighted by atomic mass is 10.0. The fourth-order valence-corrected chi connectivity index (χ4v) is 3.31. The van der Waals surface area contributed by atoms with Crippen molar-refractivity contribution < 1.29 is 9.18 Å². The van der Waals surface area contributed by atoms with Crippen LogP contribution in [0.2, 0.25) is 0 Å². The lowest BCUT2D eigenvalue weighted by molar-refractivity contribution is -0.132. The summed E-state index contributed by atoms with van der Waals surface area (Å²) in [5.41, 5.74) is 8.08. The maximum atomic E-state index is 13.8. The zero-order valence-electron chi connectivity index (χ0n) is 14.8. The number of hydrogen-bond donors (Lipinski definition) is 1. The summed E-state index contributed by atoms with van der Waals surface area (Å²) in [6, 6.07) is 7.37. The van der Waals surface area contributed by atoms with E-state index in [1.807, 2.05) is 24.3 Å². The molecule has 0 bridgehead atoms. The van der Waals surface area contributed by atoms with E-state index in [9.17, 15) is 9.18 Å². The molecule has 138 valence electrons. The minimum atomic E-state index is -1.16. The molecule has 0 saturated carbocycles. The number of nitrogens with zero attached hydrogens (tertiary/aromatic N) is 4. The number of hydrogen-bond acceptors (Lipinski definition) is 5. The van der Waals surface area contributed by atoms with Crippen molar-refractivity contribution in [3.05, 3.63) is 54.7 Å². The molecule has 1 aliphatic heterocycles. The number of carbonyl (C=O) groups excluding carboxylic acids is 1. The number of aromatic nitrogens is 3. The van der Waals surface area contributed by atoms with E-state index in [1.165, 1.54) is 4.90 Å². The molecule has 3 heterocycles. The standard InChI is InChI=1S/C20H20FN5O/c21-17-12-26(6-3-18(17)22)20(27)9-16-8-15-7-13(1-2-14(15)10-25-16)19-11-23-4-5-24-19/h1-2,4-5,7-8,10-11,17-18H,3,6,9,12,22H2/t17-,18+/m0/s1. The fourth-order valence-electron chi connectivity index (χ4n) is 3.31. The van der Waals surface area contributed by atoms with E-state index in [1.54, 1.807) is 24.8 Å². The van der Waals surface area contributed by atoms with Crippen LogP contribution >= 0.6 is 0 Å². The molecular formula is C20H20FN5O. The molecule has 0 unspecified atom stereocenters. The molecule has 4 rings (SSSR count). The summed E-state index contributed by atoms with van der Waals surface area (Å²) in [7, 11) is 0. The molecule has 2 aromatic heterocycles. The number of rotatable bonds is 3.